The van der Waals surface area contributed by atoms with Crippen LogP contribution < -0.4 is 5.73 Å². The molecule has 0 radical (unpaired) electrons. The fourth-order valence-corrected chi connectivity index (χ4v) is 3.71. The SMILES string of the molecule is CCN(C(=O)c1ccc(-c2ccc3nc(N)nc(Cc4ccccc4)c3n2)cc1)N(C)C. The predicted octanol–water partition coefficient (Wildman–Crippen LogP) is 3.80. The van der Waals surface area contributed by atoms with Crippen LogP contribution in [0.1, 0.15) is 28.5 Å². The van der Waals surface area contributed by atoms with E-state index >= 15 is 0 Å². The smallest absolute Gasteiger partial charge is 0.268 e. The van der Waals surface area contributed by atoms with Crippen molar-refractivity contribution in [3.63, 3.8) is 0 Å². The number of rotatable bonds is 6. The minimum Gasteiger partial charge on any atom is -0.368 e. The van der Waals surface area contributed by atoms with Crippen LogP contribution in [0.5, 0.6) is 0 Å². The van der Waals surface area contributed by atoms with Gasteiger partial charge >= 0.3 is 0 Å². The highest BCUT2D eigenvalue weighted by Crippen LogP contribution is 2.24. The summed E-state index contributed by atoms with van der Waals surface area (Å²) < 4.78 is 0. The minimum atomic E-state index is -0.0375. The summed E-state index contributed by atoms with van der Waals surface area (Å²) in [5.41, 5.74) is 11.6. The van der Waals surface area contributed by atoms with Gasteiger partial charge in [-0.15, -0.1) is 0 Å². The number of amides is 1. The summed E-state index contributed by atoms with van der Waals surface area (Å²) in [5.74, 6) is 0.201. The molecule has 0 unspecified atom stereocenters. The zero-order valence-corrected chi connectivity index (χ0v) is 18.5. The van der Waals surface area contributed by atoms with E-state index in [2.05, 4.69) is 22.1 Å². The summed E-state index contributed by atoms with van der Waals surface area (Å²) in [4.78, 5) is 26.4. The summed E-state index contributed by atoms with van der Waals surface area (Å²) in [7, 11) is 3.72. The molecule has 1 amide bonds. The molecule has 0 fully saturated rings. The molecule has 2 aromatic heterocycles. The Labute approximate surface area is 187 Å². The lowest BCUT2D eigenvalue weighted by molar-refractivity contribution is 0.0230. The summed E-state index contributed by atoms with van der Waals surface area (Å²) in [5, 5.41) is 3.47. The molecule has 2 heterocycles. The van der Waals surface area contributed by atoms with Crippen molar-refractivity contribution in [1.29, 1.82) is 0 Å². The molecular formula is C25H26N6O. The van der Waals surface area contributed by atoms with Crippen LogP contribution in [-0.4, -0.2) is 51.5 Å². The number of anilines is 1. The molecule has 0 aliphatic carbocycles. The van der Waals surface area contributed by atoms with Gasteiger partial charge in [-0.25, -0.2) is 20.0 Å². The number of benzene rings is 2. The van der Waals surface area contributed by atoms with Gasteiger partial charge in [0.2, 0.25) is 5.95 Å². The van der Waals surface area contributed by atoms with Crippen LogP contribution in [0.25, 0.3) is 22.3 Å². The summed E-state index contributed by atoms with van der Waals surface area (Å²) >= 11 is 0. The second-order valence-corrected chi connectivity index (χ2v) is 7.70. The third-order valence-corrected chi connectivity index (χ3v) is 5.29. The van der Waals surface area contributed by atoms with Crippen LogP contribution >= 0.6 is 0 Å². The summed E-state index contributed by atoms with van der Waals surface area (Å²) in [6.07, 6.45) is 0.616. The van der Waals surface area contributed by atoms with Crippen molar-refractivity contribution < 1.29 is 4.79 Å². The van der Waals surface area contributed by atoms with Gasteiger partial charge in [0.1, 0.15) is 5.52 Å². The Morgan fingerprint density at radius 2 is 1.62 bits per heavy atom. The molecule has 2 N–H and O–H groups in total. The first-order valence-corrected chi connectivity index (χ1v) is 10.5. The van der Waals surface area contributed by atoms with E-state index in [1.807, 2.05) is 75.6 Å². The van der Waals surface area contributed by atoms with Gasteiger partial charge < -0.3 is 5.73 Å². The third kappa shape index (κ3) is 4.43. The zero-order valence-electron chi connectivity index (χ0n) is 18.5. The Morgan fingerprint density at radius 1 is 0.906 bits per heavy atom. The number of nitrogens with two attached hydrogens (primary N) is 1. The van der Waals surface area contributed by atoms with Crippen LogP contribution in [0, 0.1) is 0 Å². The van der Waals surface area contributed by atoms with Gasteiger partial charge in [-0.05, 0) is 36.8 Å². The van der Waals surface area contributed by atoms with Crippen molar-refractivity contribution >= 4 is 22.9 Å². The highest BCUT2D eigenvalue weighted by Gasteiger charge is 2.16. The lowest BCUT2D eigenvalue weighted by Crippen LogP contribution is -2.41. The van der Waals surface area contributed by atoms with Gasteiger partial charge in [0.25, 0.3) is 5.91 Å². The molecule has 4 rings (SSSR count). The van der Waals surface area contributed by atoms with E-state index in [1.54, 1.807) is 10.0 Å². The van der Waals surface area contributed by atoms with E-state index in [4.69, 9.17) is 10.7 Å². The van der Waals surface area contributed by atoms with Crippen LogP contribution in [0.2, 0.25) is 0 Å². The normalized spacial score (nSPS) is 11.1. The maximum Gasteiger partial charge on any atom is 0.268 e. The highest BCUT2D eigenvalue weighted by molar-refractivity contribution is 5.94. The van der Waals surface area contributed by atoms with E-state index in [0.717, 1.165) is 28.0 Å². The number of nitrogen functional groups attached to an aromatic ring is 1. The van der Waals surface area contributed by atoms with E-state index in [1.165, 1.54) is 0 Å². The molecule has 0 saturated carbocycles. The van der Waals surface area contributed by atoms with E-state index in [9.17, 15) is 4.79 Å². The molecule has 32 heavy (non-hydrogen) atoms. The van der Waals surface area contributed by atoms with Crippen molar-refractivity contribution in [1.82, 2.24) is 25.0 Å². The molecule has 162 valence electrons. The number of nitrogens with zero attached hydrogens (tertiary/aromatic N) is 5. The molecule has 7 nitrogen and oxygen atoms in total. The van der Waals surface area contributed by atoms with Crippen molar-refractivity contribution in [2.45, 2.75) is 13.3 Å². The Balaban J connectivity index is 1.68. The van der Waals surface area contributed by atoms with Gasteiger partial charge in [0, 0.05) is 38.2 Å². The molecule has 0 saturated heterocycles. The van der Waals surface area contributed by atoms with Crippen molar-refractivity contribution in [3.05, 3.63) is 83.6 Å². The fourth-order valence-electron chi connectivity index (χ4n) is 3.71. The zero-order chi connectivity index (χ0) is 22.7. The molecule has 4 aromatic rings. The number of hydrogen-bond donors (Lipinski definition) is 1. The Morgan fingerprint density at radius 3 is 2.28 bits per heavy atom. The van der Waals surface area contributed by atoms with Crippen molar-refractivity contribution in [3.8, 4) is 11.3 Å². The van der Waals surface area contributed by atoms with Gasteiger partial charge in [0.05, 0.1) is 16.9 Å². The van der Waals surface area contributed by atoms with Gasteiger partial charge in [-0.1, -0.05) is 42.5 Å². The van der Waals surface area contributed by atoms with Crippen molar-refractivity contribution in [2.24, 2.45) is 0 Å². The van der Waals surface area contributed by atoms with Gasteiger partial charge in [-0.3, -0.25) is 9.80 Å². The third-order valence-electron chi connectivity index (χ3n) is 5.29. The number of pyridine rings is 1. The van der Waals surface area contributed by atoms with Crippen LogP contribution in [0.4, 0.5) is 5.95 Å². The lowest BCUT2D eigenvalue weighted by Gasteiger charge is -2.27. The molecule has 0 aliphatic heterocycles. The molecule has 0 bridgehead atoms. The predicted molar refractivity (Wildman–Crippen MR) is 127 cm³/mol. The first-order valence-electron chi connectivity index (χ1n) is 10.5. The standard InChI is InChI=1S/C25H26N6O/c1-4-31(30(2)3)24(32)19-12-10-18(11-13-19)20-14-15-21-23(27-20)22(29-25(26)28-21)16-17-8-6-5-7-9-17/h5-15H,4,16H2,1-3H3,(H2,26,28,29). The van der Waals surface area contributed by atoms with E-state index < -0.39 is 0 Å². The van der Waals surface area contributed by atoms with Gasteiger partial charge in [0.15, 0.2) is 0 Å². The molecule has 7 heteroatoms. The summed E-state index contributed by atoms with van der Waals surface area (Å²) in [6, 6.07) is 21.4. The van der Waals surface area contributed by atoms with Crippen LogP contribution in [0.3, 0.4) is 0 Å². The average molecular weight is 427 g/mol. The minimum absolute atomic E-state index is 0.0375. The number of aromatic nitrogens is 3. The largest absolute Gasteiger partial charge is 0.368 e. The second kappa shape index (κ2) is 9.11. The highest BCUT2D eigenvalue weighted by atomic mass is 16.2. The number of fused-ring (bicyclic) bond motifs is 1. The molecule has 0 spiro atoms. The average Bonchev–Trinajstić information content (AvgIpc) is 2.80. The number of carbonyl (C=O) groups excluding carboxylic acids is 1. The first kappa shape index (κ1) is 21.4. The second-order valence-electron chi connectivity index (χ2n) is 7.70. The number of carbonyl (C=O) groups is 1. The van der Waals surface area contributed by atoms with E-state index in [-0.39, 0.29) is 11.9 Å². The Hall–Kier alpha value is -3.84. The topological polar surface area (TPSA) is 88.2 Å². The van der Waals surface area contributed by atoms with E-state index in [0.29, 0.717) is 24.0 Å². The maximum atomic E-state index is 12.7. The number of hydrogen-bond acceptors (Lipinski definition) is 6. The van der Waals surface area contributed by atoms with Gasteiger partial charge in [-0.2, -0.15) is 0 Å². The molecule has 0 atom stereocenters. The quantitative estimate of drug-likeness (QED) is 0.472. The first-order chi connectivity index (χ1) is 15.5. The monoisotopic (exact) mass is 426 g/mol. The Bertz CT molecular complexity index is 1240. The maximum absolute atomic E-state index is 12.7. The van der Waals surface area contributed by atoms with Crippen molar-refractivity contribution in [2.75, 3.05) is 26.4 Å². The molecular weight excluding hydrogens is 400 g/mol. The number of hydrazine groups is 1. The molecule has 0 aliphatic rings. The fraction of sp³-hybridized carbons (Fsp3) is 0.200. The Kier molecular flexibility index (Phi) is 6.09. The summed E-state index contributed by atoms with van der Waals surface area (Å²) in [6.45, 7) is 2.56. The van der Waals surface area contributed by atoms with Crippen LogP contribution in [-0.2, 0) is 6.42 Å². The lowest BCUT2D eigenvalue weighted by atomic mass is 10.1. The van der Waals surface area contributed by atoms with Crippen LogP contribution in [0.15, 0.2) is 66.7 Å². The molecule has 2 aromatic carbocycles.